The van der Waals surface area contributed by atoms with Crippen molar-refractivity contribution in [2.24, 2.45) is 17.6 Å². The molecule has 11 nitrogen and oxygen atoms in total. The maximum absolute atomic E-state index is 12.2. The van der Waals surface area contributed by atoms with Crippen molar-refractivity contribution in [3.8, 4) is 0 Å². The van der Waals surface area contributed by atoms with E-state index in [0.717, 1.165) is 57.8 Å². The minimum atomic E-state index is -0.656. The molecule has 2 aromatic heterocycles. The minimum absolute atomic E-state index is 0.00335. The predicted octanol–water partition coefficient (Wildman–Crippen LogP) is 5.69. The van der Waals surface area contributed by atoms with Crippen molar-refractivity contribution in [2.75, 3.05) is 25.6 Å². The number of nitrogens with one attached hydrogen (secondary N) is 1. The Morgan fingerprint density at radius 1 is 0.932 bits per heavy atom. The molecule has 2 aromatic rings. The second-order valence-electron chi connectivity index (χ2n) is 12.5. The molecule has 0 aliphatic rings. The number of nitrogens with two attached hydrogens (primary N) is 2. The van der Waals surface area contributed by atoms with Crippen LogP contribution in [0.3, 0.4) is 0 Å². The number of carbonyl (C=O) groups is 2. The van der Waals surface area contributed by atoms with Crippen LogP contribution in [0.2, 0.25) is 0 Å². The van der Waals surface area contributed by atoms with Gasteiger partial charge in [0.1, 0.15) is 11.8 Å². The minimum Gasteiger partial charge on any atom is -0.465 e. The largest absolute Gasteiger partial charge is 0.465 e. The predicted molar refractivity (Wildman–Crippen MR) is 175 cm³/mol. The van der Waals surface area contributed by atoms with Crippen LogP contribution in [0.4, 0.5) is 5.95 Å². The fourth-order valence-electron chi connectivity index (χ4n) is 5.19. The first-order valence-electron chi connectivity index (χ1n) is 16.9. The maximum Gasteiger partial charge on any atom is 0.323 e. The van der Waals surface area contributed by atoms with E-state index in [-0.39, 0.29) is 35.5 Å². The monoisotopic (exact) mass is 618 g/mol. The Kier molecular flexibility index (Phi) is 18.6. The highest BCUT2D eigenvalue weighted by atomic mass is 16.5. The highest BCUT2D eigenvalue weighted by Gasteiger charge is 2.20. The van der Waals surface area contributed by atoms with E-state index in [9.17, 15) is 14.4 Å². The maximum atomic E-state index is 12.2. The molecule has 0 amide bonds. The van der Waals surface area contributed by atoms with Crippen molar-refractivity contribution in [1.29, 1.82) is 0 Å². The fourth-order valence-corrected chi connectivity index (χ4v) is 5.19. The molecule has 44 heavy (non-hydrogen) atoms. The Balaban J connectivity index is 1.65. The van der Waals surface area contributed by atoms with E-state index in [0.29, 0.717) is 37.6 Å². The Labute approximate surface area is 263 Å². The summed E-state index contributed by atoms with van der Waals surface area (Å²) in [4.78, 5) is 47.4. The van der Waals surface area contributed by atoms with E-state index in [2.05, 4.69) is 21.9 Å². The molecule has 0 spiro atoms. The molecule has 11 heteroatoms. The van der Waals surface area contributed by atoms with E-state index in [1.807, 2.05) is 13.8 Å². The van der Waals surface area contributed by atoms with Crippen LogP contribution in [0.15, 0.2) is 11.1 Å². The average Bonchev–Trinajstić information content (AvgIpc) is 3.39. The fraction of sp³-hybridized carbons (Fsp3) is 0.788. The third-order valence-corrected chi connectivity index (χ3v) is 8.12. The smallest absolute Gasteiger partial charge is 0.323 e. The lowest BCUT2D eigenvalue weighted by molar-refractivity contribution is -0.146. The Morgan fingerprint density at radius 2 is 1.55 bits per heavy atom. The molecular formula is C33H58N6O5. The van der Waals surface area contributed by atoms with E-state index < -0.39 is 12.0 Å². The summed E-state index contributed by atoms with van der Waals surface area (Å²) < 4.78 is 13.2. The second-order valence-corrected chi connectivity index (χ2v) is 12.5. The topological polar surface area (TPSA) is 168 Å². The van der Waals surface area contributed by atoms with Gasteiger partial charge < -0.3 is 25.5 Å². The lowest BCUT2D eigenvalue weighted by atomic mass is 10.0. The molecule has 0 aliphatic carbocycles. The number of nitrogens with zero attached hydrogens (tertiary/aromatic N) is 3. The number of unbranched alkanes of at least 4 members (excludes halogenated alkanes) is 11. The van der Waals surface area contributed by atoms with Crippen molar-refractivity contribution < 1.29 is 19.1 Å². The van der Waals surface area contributed by atoms with Gasteiger partial charge >= 0.3 is 5.97 Å². The van der Waals surface area contributed by atoms with Crippen molar-refractivity contribution in [1.82, 2.24) is 19.5 Å². The molecule has 250 valence electrons. The Morgan fingerprint density at radius 3 is 2.18 bits per heavy atom. The summed E-state index contributed by atoms with van der Waals surface area (Å²) in [6.07, 6.45) is 18.7. The third kappa shape index (κ3) is 14.8. The van der Waals surface area contributed by atoms with E-state index in [4.69, 9.17) is 20.9 Å². The first-order valence-corrected chi connectivity index (χ1v) is 16.9. The third-order valence-electron chi connectivity index (χ3n) is 8.12. The van der Waals surface area contributed by atoms with Gasteiger partial charge in [0.05, 0.1) is 19.5 Å². The van der Waals surface area contributed by atoms with Crippen LogP contribution in [-0.2, 0) is 25.6 Å². The zero-order chi connectivity index (χ0) is 32.2. The number of ketones is 1. The van der Waals surface area contributed by atoms with Crippen LogP contribution in [0.5, 0.6) is 0 Å². The zero-order valence-corrected chi connectivity index (χ0v) is 27.5. The lowest BCUT2D eigenvalue weighted by Crippen LogP contribution is -2.37. The molecule has 2 heterocycles. The number of imidazole rings is 1. The van der Waals surface area contributed by atoms with Gasteiger partial charge in [0.15, 0.2) is 11.2 Å². The molecule has 1 unspecified atom stereocenters. The van der Waals surface area contributed by atoms with Crippen LogP contribution >= 0.6 is 0 Å². The lowest BCUT2D eigenvalue weighted by Gasteiger charge is -2.19. The number of hydrogen-bond donors (Lipinski definition) is 3. The van der Waals surface area contributed by atoms with Crippen LogP contribution in [0.1, 0.15) is 124 Å². The van der Waals surface area contributed by atoms with Crippen molar-refractivity contribution >= 4 is 28.9 Å². The molecule has 0 saturated carbocycles. The van der Waals surface area contributed by atoms with E-state index >= 15 is 0 Å². The van der Waals surface area contributed by atoms with E-state index in [1.165, 1.54) is 38.5 Å². The molecule has 0 saturated heterocycles. The van der Waals surface area contributed by atoms with Gasteiger partial charge in [-0.3, -0.25) is 19.4 Å². The molecule has 0 radical (unpaired) electrons. The zero-order valence-electron chi connectivity index (χ0n) is 27.5. The molecule has 0 aliphatic heterocycles. The van der Waals surface area contributed by atoms with Crippen LogP contribution in [0.25, 0.3) is 11.2 Å². The number of hydrogen-bond acceptors (Lipinski definition) is 9. The second kappa shape index (κ2) is 21.8. The number of fused-ring (bicyclic) bond motifs is 1. The van der Waals surface area contributed by atoms with Crippen molar-refractivity contribution in [3.63, 3.8) is 0 Å². The summed E-state index contributed by atoms with van der Waals surface area (Å²) in [5, 5.41) is 0. The van der Waals surface area contributed by atoms with Gasteiger partial charge in [-0.1, -0.05) is 85.0 Å². The van der Waals surface area contributed by atoms with Crippen molar-refractivity contribution in [2.45, 2.75) is 136 Å². The first-order chi connectivity index (χ1) is 21.2. The summed E-state index contributed by atoms with van der Waals surface area (Å²) in [7, 11) is 0. The highest BCUT2D eigenvalue weighted by Crippen LogP contribution is 2.15. The van der Waals surface area contributed by atoms with Gasteiger partial charge in [-0.05, 0) is 31.6 Å². The summed E-state index contributed by atoms with van der Waals surface area (Å²) >= 11 is 0. The van der Waals surface area contributed by atoms with Gasteiger partial charge in [-0.15, -0.1) is 0 Å². The van der Waals surface area contributed by atoms with Gasteiger partial charge in [-0.2, -0.15) is 4.98 Å². The number of H-pyrrole nitrogens is 1. The number of aromatic amines is 1. The average molecular weight is 619 g/mol. The molecule has 2 rings (SSSR count). The van der Waals surface area contributed by atoms with E-state index in [1.54, 1.807) is 10.9 Å². The normalized spacial score (nSPS) is 13.0. The molecule has 5 N–H and O–H groups in total. The molecule has 0 aromatic carbocycles. The Bertz CT molecular complexity index is 1150. The number of Topliss-reactive ketones (excluding diaryl/α,β-unsaturated/α-hetero) is 1. The number of ether oxygens (including phenoxy) is 2. The number of carbonyl (C=O) groups excluding carboxylic acids is 2. The standard InChI is InChI=1S/C33H58N6O5/c1-4-5-6-7-8-11-14-17-27(40)18-15-12-9-10-13-16-20-43-23-26(19-21-44-32(42)28(34)25(2)3)22-39-24-36-29-30(39)37-33(35)38-31(29)41/h24-26,28H,4-23,34H2,1-3H3,(H3,35,37,38,41)/t26?,28-/m0/s1. The number of anilines is 1. The summed E-state index contributed by atoms with van der Waals surface area (Å²) in [6, 6.07) is -0.656. The first kappa shape index (κ1) is 37.4. The molecule has 0 bridgehead atoms. The number of aromatic nitrogens is 4. The van der Waals surface area contributed by atoms with Crippen LogP contribution < -0.4 is 17.0 Å². The number of nitrogen functional groups attached to an aromatic ring is 1. The Hall–Kier alpha value is -2.79. The van der Waals surface area contributed by atoms with Gasteiger partial charge in [0, 0.05) is 31.9 Å². The summed E-state index contributed by atoms with van der Waals surface area (Å²) in [5.41, 5.74) is 11.9. The molecule has 0 fully saturated rings. The van der Waals surface area contributed by atoms with Crippen molar-refractivity contribution in [3.05, 3.63) is 16.7 Å². The summed E-state index contributed by atoms with van der Waals surface area (Å²) in [6.45, 7) is 7.80. The number of rotatable bonds is 26. The summed E-state index contributed by atoms with van der Waals surface area (Å²) in [5.74, 6) is 0.0379. The van der Waals surface area contributed by atoms with Crippen LogP contribution in [-0.4, -0.2) is 57.1 Å². The highest BCUT2D eigenvalue weighted by molar-refractivity contribution is 5.78. The number of esters is 1. The SMILES string of the molecule is CCCCCCCCCC(=O)CCCCCCCCOCC(CCOC(=O)[C@@H](N)C(C)C)Cn1cnc2c(=O)[nH]c(N)nc21. The van der Waals surface area contributed by atoms with Crippen LogP contribution in [0, 0.1) is 11.8 Å². The van der Waals surface area contributed by atoms with Gasteiger partial charge in [-0.25, -0.2) is 4.98 Å². The quantitative estimate of drug-likeness (QED) is 0.0885. The van der Waals surface area contributed by atoms with Gasteiger partial charge in [0.2, 0.25) is 5.95 Å². The molecular weight excluding hydrogens is 560 g/mol. The molecule has 2 atom stereocenters. The van der Waals surface area contributed by atoms with Gasteiger partial charge in [0.25, 0.3) is 5.56 Å².